The second kappa shape index (κ2) is 3.95. The Balaban J connectivity index is 1.92. The van der Waals surface area contributed by atoms with Crippen LogP contribution in [0, 0.1) is 24.2 Å². The predicted octanol–water partition coefficient (Wildman–Crippen LogP) is 2.70. The highest BCUT2D eigenvalue weighted by atomic mass is 14.7. The summed E-state index contributed by atoms with van der Waals surface area (Å²) in [5.41, 5.74) is 5.86. The minimum Gasteiger partial charge on any atom is -0.315 e. The highest BCUT2D eigenvalue weighted by Crippen LogP contribution is 2.42. The molecule has 14 heavy (non-hydrogen) atoms. The molecular weight excluding hydrogens is 170 g/mol. The predicted molar refractivity (Wildman–Crippen MR) is 59.7 cm³/mol. The smallest absolute Gasteiger partial charge is 0.0776 e. The number of hydrogen-bond acceptors (Lipinski definition) is 1. The van der Waals surface area contributed by atoms with Crippen LogP contribution in [0.3, 0.4) is 0 Å². The van der Waals surface area contributed by atoms with Crippen LogP contribution in [0.2, 0.25) is 0 Å². The molecule has 2 aliphatic carbocycles. The van der Waals surface area contributed by atoms with E-state index < -0.39 is 0 Å². The minimum absolute atomic E-state index is 0.262. The first-order chi connectivity index (χ1) is 6.73. The highest BCUT2D eigenvalue weighted by molar-refractivity contribution is 5.15. The second-order valence-corrected chi connectivity index (χ2v) is 5.20. The fourth-order valence-corrected chi connectivity index (χ4v) is 3.25. The Morgan fingerprint density at radius 3 is 2.36 bits per heavy atom. The van der Waals surface area contributed by atoms with E-state index in [1.807, 2.05) is 0 Å². The lowest BCUT2D eigenvalue weighted by Crippen LogP contribution is -2.35. The number of rotatable bonds is 1. The monoisotopic (exact) mass is 191 g/mol. The van der Waals surface area contributed by atoms with Gasteiger partial charge in [-0.2, -0.15) is 0 Å². The van der Waals surface area contributed by atoms with E-state index in [1.54, 1.807) is 0 Å². The molecule has 0 aromatic heterocycles. The Kier molecular flexibility index (Phi) is 2.83. The van der Waals surface area contributed by atoms with E-state index in [0.717, 1.165) is 24.7 Å². The molecule has 0 radical (unpaired) electrons. The van der Waals surface area contributed by atoms with Crippen molar-refractivity contribution in [1.82, 2.24) is 0 Å². The molecule has 78 valence electrons. The fraction of sp³-hybridized carbons (Fsp3) is 0.846. The summed E-state index contributed by atoms with van der Waals surface area (Å²) in [7, 11) is 0. The molecule has 0 aliphatic heterocycles. The van der Waals surface area contributed by atoms with Crippen molar-refractivity contribution < 1.29 is 0 Å². The Morgan fingerprint density at radius 2 is 1.79 bits per heavy atom. The van der Waals surface area contributed by atoms with E-state index >= 15 is 0 Å². The highest BCUT2D eigenvalue weighted by Gasteiger charge is 2.37. The average Bonchev–Trinajstić information content (AvgIpc) is 2.63. The van der Waals surface area contributed by atoms with Crippen molar-refractivity contribution in [3.8, 4) is 12.3 Å². The van der Waals surface area contributed by atoms with Crippen molar-refractivity contribution >= 4 is 0 Å². The summed E-state index contributed by atoms with van der Waals surface area (Å²) in [4.78, 5) is 0. The minimum atomic E-state index is -0.262. The molecule has 0 heterocycles. The number of nitrogens with two attached hydrogens (primary N) is 1. The van der Waals surface area contributed by atoms with Crippen molar-refractivity contribution in [2.24, 2.45) is 17.6 Å². The normalized spacial score (nSPS) is 39.6. The second-order valence-electron chi connectivity index (χ2n) is 5.20. The maximum absolute atomic E-state index is 6.12. The summed E-state index contributed by atoms with van der Waals surface area (Å²) in [6.45, 7) is 0. The molecule has 0 saturated heterocycles. The number of hydrogen-bond donors (Lipinski definition) is 1. The van der Waals surface area contributed by atoms with Gasteiger partial charge in [0.2, 0.25) is 0 Å². The van der Waals surface area contributed by atoms with E-state index in [0.29, 0.717) is 0 Å². The maximum atomic E-state index is 6.12. The van der Waals surface area contributed by atoms with Gasteiger partial charge in [-0.3, -0.25) is 0 Å². The van der Waals surface area contributed by atoms with Gasteiger partial charge in [-0.1, -0.05) is 38.0 Å². The van der Waals surface area contributed by atoms with Gasteiger partial charge in [0.15, 0.2) is 0 Å². The Hall–Kier alpha value is -0.480. The van der Waals surface area contributed by atoms with E-state index in [-0.39, 0.29) is 5.54 Å². The van der Waals surface area contributed by atoms with E-state index in [9.17, 15) is 0 Å². The summed E-state index contributed by atoms with van der Waals surface area (Å²) < 4.78 is 0. The van der Waals surface area contributed by atoms with Crippen molar-refractivity contribution in [3.63, 3.8) is 0 Å². The molecule has 2 rings (SSSR count). The van der Waals surface area contributed by atoms with Crippen molar-refractivity contribution in [3.05, 3.63) is 0 Å². The van der Waals surface area contributed by atoms with Crippen molar-refractivity contribution in [2.75, 3.05) is 0 Å². The molecule has 2 unspecified atom stereocenters. The molecule has 0 bridgehead atoms. The van der Waals surface area contributed by atoms with Crippen LogP contribution in [-0.2, 0) is 0 Å². The van der Waals surface area contributed by atoms with Crippen LogP contribution in [0.4, 0.5) is 0 Å². The van der Waals surface area contributed by atoms with Gasteiger partial charge in [0, 0.05) is 0 Å². The third-order valence-corrected chi connectivity index (χ3v) is 4.19. The van der Waals surface area contributed by atoms with Crippen LogP contribution < -0.4 is 5.73 Å². The molecule has 2 aliphatic rings. The van der Waals surface area contributed by atoms with Gasteiger partial charge in [0.25, 0.3) is 0 Å². The molecule has 0 spiro atoms. The van der Waals surface area contributed by atoms with Crippen LogP contribution in [0.1, 0.15) is 51.4 Å². The summed E-state index contributed by atoms with van der Waals surface area (Å²) in [6, 6.07) is 0. The Bertz CT molecular complexity index is 234. The zero-order valence-corrected chi connectivity index (χ0v) is 8.97. The van der Waals surface area contributed by atoms with Gasteiger partial charge in [-0.25, -0.2) is 0 Å². The molecule has 0 amide bonds. The van der Waals surface area contributed by atoms with Gasteiger partial charge in [-0.15, -0.1) is 6.42 Å². The zero-order chi connectivity index (χ0) is 10.0. The van der Waals surface area contributed by atoms with Crippen LogP contribution in [0.5, 0.6) is 0 Å². The van der Waals surface area contributed by atoms with Gasteiger partial charge in [-0.05, 0) is 31.1 Å². The van der Waals surface area contributed by atoms with Crippen molar-refractivity contribution in [2.45, 2.75) is 56.9 Å². The lowest BCUT2D eigenvalue weighted by atomic mass is 9.78. The van der Waals surface area contributed by atoms with E-state index in [4.69, 9.17) is 12.2 Å². The van der Waals surface area contributed by atoms with Crippen molar-refractivity contribution in [1.29, 1.82) is 0 Å². The largest absolute Gasteiger partial charge is 0.315 e. The summed E-state index contributed by atoms with van der Waals surface area (Å²) >= 11 is 0. The third-order valence-electron chi connectivity index (χ3n) is 4.19. The summed E-state index contributed by atoms with van der Waals surface area (Å²) in [5.74, 6) is 4.55. The first-order valence-corrected chi connectivity index (χ1v) is 6.00. The van der Waals surface area contributed by atoms with Gasteiger partial charge >= 0.3 is 0 Å². The zero-order valence-electron chi connectivity index (χ0n) is 8.97. The molecular formula is C13H21N. The van der Waals surface area contributed by atoms with Crippen LogP contribution in [0.15, 0.2) is 0 Å². The molecule has 2 atom stereocenters. The quantitative estimate of drug-likeness (QED) is 0.634. The number of terminal acetylenes is 1. The van der Waals surface area contributed by atoms with Crippen LogP contribution in [0.25, 0.3) is 0 Å². The first-order valence-electron chi connectivity index (χ1n) is 6.00. The fourth-order valence-electron chi connectivity index (χ4n) is 3.25. The SMILES string of the molecule is C#CC1(N)CCC(C2CCCCC2)C1. The lowest BCUT2D eigenvalue weighted by molar-refractivity contribution is 0.247. The van der Waals surface area contributed by atoms with Crippen LogP contribution in [-0.4, -0.2) is 5.54 Å². The van der Waals surface area contributed by atoms with Gasteiger partial charge in [0.1, 0.15) is 0 Å². The van der Waals surface area contributed by atoms with E-state index in [1.165, 1.54) is 38.5 Å². The standard InChI is InChI=1S/C13H21N/c1-2-13(14)9-8-12(10-13)11-6-4-3-5-7-11/h1,11-12H,3-10,14H2. The average molecular weight is 191 g/mol. The molecule has 2 saturated carbocycles. The maximum Gasteiger partial charge on any atom is 0.0776 e. The molecule has 0 aromatic carbocycles. The van der Waals surface area contributed by atoms with Crippen LogP contribution >= 0.6 is 0 Å². The summed E-state index contributed by atoms with van der Waals surface area (Å²) in [6.07, 6.45) is 16.0. The molecule has 1 nitrogen and oxygen atoms in total. The van der Waals surface area contributed by atoms with Gasteiger partial charge in [0.05, 0.1) is 5.54 Å². The topological polar surface area (TPSA) is 26.0 Å². The summed E-state index contributed by atoms with van der Waals surface area (Å²) in [5, 5.41) is 0. The molecule has 2 fully saturated rings. The third kappa shape index (κ3) is 1.96. The Labute approximate surface area is 87.4 Å². The lowest BCUT2D eigenvalue weighted by Gasteiger charge is -2.28. The van der Waals surface area contributed by atoms with Gasteiger partial charge < -0.3 is 5.73 Å². The Morgan fingerprint density at radius 1 is 1.07 bits per heavy atom. The first kappa shape index (κ1) is 10.1. The molecule has 0 aromatic rings. The van der Waals surface area contributed by atoms with E-state index in [2.05, 4.69) is 5.92 Å². The molecule has 1 heteroatoms. The molecule has 2 N–H and O–H groups in total.